The fraction of sp³-hybridized carbons (Fsp3) is 0.0870. The summed E-state index contributed by atoms with van der Waals surface area (Å²) >= 11 is 0. The predicted molar refractivity (Wildman–Crippen MR) is 110 cm³/mol. The molecule has 0 bridgehead atoms. The first kappa shape index (κ1) is 17.3. The summed E-state index contributed by atoms with van der Waals surface area (Å²) in [5, 5.41) is 23.5. The average molecular weight is 371 g/mol. The van der Waals surface area contributed by atoms with Crippen LogP contribution < -0.4 is 0 Å². The predicted octanol–water partition coefficient (Wildman–Crippen LogP) is 5.39. The minimum absolute atomic E-state index is 0.156. The second-order valence-corrected chi connectivity index (χ2v) is 7.84. The lowest BCUT2D eigenvalue weighted by atomic mass is 9.93. The molecule has 0 heterocycles. The lowest BCUT2D eigenvalue weighted by molar-refractivity contribution is 0.478. The van der Waals surface area contributed by atoms with Crippen molar-refractivity contribution in [3.05, 3.63) is 72.8 Å². The van der Waals surface area contributed by atoms with E-state index in [1.807, 2.05) is 66.7 Å². The van der Waals surface area contributed by atoms with Gasteiger partial charge >= 0.3 is 0 Å². The molecule has 4 aromatic carbocycles. The van der Waals surface area contributed by atoms with Crippen molar-refractivity contribution in [1.29, 1.82) is 5.26 Å². The number of phenols is 1. The van der Waals surface area contributed by atoms with Gasteiger partial charge in [0.1, 0.15) is 5.75 Å². The molecule has 0 saturated carbocycles. The number of benzene rings is 4. The molecule has 1 N–H and O–H groups in total. The van der Waals surface area contributed by atoms with E-state index in [1.165, 1.54) is 0 Å². The van der Waals surface area contributed by atoms with Gasteiger partial charge in [0.25, 0.3) is 0 Å². The maximum Gasteiger partial charge on any atom is 0.124 e. The van der Waals surface area contributed by atoms with Crippen molar-refractivity contribution >= 4 is 32.3 Å². The van der Waals surface area contributed by atoms with Crippen molar-refractivity contribution in [2.75, 3.05) is 5.75 Å². The van der Waals surface area contributed by atoms with Crippen LogP contribution in [0.15, 0.2) is 77.7 Å². The first-order valence-electron chi connectivity index (χ1n) is 8.69. The van der Waals surface area contributed by atoms with Crippen LogP contribution in [0.3, 0.4) is 0 Å². The standard InChI is InChI=1S/C23H17NO2S/c24-14-5-15-27(26)21-13-11-17-7-2-4-9-19(17)23(21)22-18-8-3-1-6-16(18)10-12-20(22)25/h1-4,6-13,25H,5,15H2. The Morgan fingerprint density at radius 1 is 0.815 bits per heavy atom. The van der Waals surface area contributed by atoms with Crippen molar-refractivity contribution in [1.82, 2.24) is 0 Å². The molecule has 132 valence electrons. The fourth-order valence-corrected chi connectivity index (χ4v) is 4.63. The molecule has 0 aliphatic heterocycles. The molecular weight excluding hydrogens is 354 g/mol. The fourth-order valence-electron chi connectivity index (χ4n) is 3.47. The summed E-state index contributed by atoms with van der Waals surface area (Å²) in [7, 11) is -1.34. The van der Waals surface area contributed by atoms with E-state index >= 15 is 0 Å². The molecule has 0 saturated heterocycles. The van der Waals surface area contributed by atoms with Crippen LogP contribution in [0.1, 0.15) is 6.42 Å². The van der Waals surface area contributed by atoms with Crippen LogP contribution in [-0.4, -0.2) is 15.1 Å². The van der Waals surface area contributed by atoms with E-state index in [0.717, 1.165) is 27.1 Å². The van der Waals surface area contributed by atoms with Crippen LogP contribution in [0.5, 0.6) is 5.75 Å². The number of hydrogen-bond donors (Lipinski definition) is 1. The van der Waals surface area contributed by atoms with E-state index < -0.39 is 10.8 Å². The summed E-state index contributed by atoms with van der Waals surface area (Å²) in [4.78, 5) is 0.649. The summed E-state index contributed by atoms with van der Waals surface area (Å²) in [6.07, 6.45) is 0.223. The lowest BCUT2D eigenvalue weighted by Crippen LogP contribution is -2.01. The number of aromatic hydroxyl groups is 1. The SMILES string of the molecule is N#CCCS(=O)c1ccc2ccccc2c1-c1c(O)ccc2ccccc12. The van der Waals surface area contributed by atoms with Gasteiger partial charge in [-0.05, 0) is 33.7 Å². The monoisotopic (exact) mass is 371 g/mol. The Morgan fingerprint density at radius 2 is 1.41 bits per heavy atom. The third-order valence-corrected chi connectivity index (χ3v) is 6.10. The Morgan fingerprint density at radius 3 is 2.07 bits per heavy atom. The molecule has 0 amide bonds. The molecule has 0 spiro atoms. The number of phenolic OH excluding ortho intramolecular Hbond substituents is 1. The van der Waals surface area contributed by atoms with Gasteiger partial charge in [0.15, 0.2) is 0 Å². The summed E-state index contributed by atoms with van der Waals surface area (Å²) < 4.78 is 13.0. The molecule has 3 nitrogen and oxygen atoms in total. The van der Waals surface area contributed by atoms with E-state index in [0.29, 0.717) is 10.5 Å². The van der Waals surface area contributed by atoms with Gasteiger partial charge in [-0.3, -0.25) is 4.21 Å². The molecule has 0 aliphatic rings. The van der Waals surface area contributed by atoms with E-state index in [1.54, 1.807) is 6.07 Å². The molecule has 0 aromatic heterocycles. The maximum absolute atomic E-state index is 13.0. The van der Waals surface area contributed by atoms with Gasteiger partial charge in [0, 0.05) is 28.2 Å². The highest BCUT2D eigenvalue weighted by Crippen LogP contribution is 2.43. The summed E-state index contributed by atoms with van der Waals surface area (Å²) in [5.41, 5.74) is 1.46. The highest BCUT2D eigenvalue weighted by atomic mass is 32.2. The number of fused-ring (bicyclic) bond motifs is 2. The molecule has 0 fully saturated rings. The number of rotatable bonds is 4. The minimum atomic E-state index is -1.34. The van der Waals surface area contributed by atoms with E-state index in [9.17, 15) is 9.32 Å². The molecule has 1 unspecified atom stereocenters. The number of hydrogen-bond acceptors (Lipinski definition) is 3. The quantitative estimate of drug-likeness (QED) is 0.523. The van der Waals surface area contributed by atoms with Crippen LogP contribution in [0.25, 0.3) is 32.7 Å². The van der Waals surface area contributed by atoms with Crippen LogP contribution in [0.2, 0.25) is 0 Å². The summed E-state index contributed by atoms with van der Waals surface area (Å²) in [5.74, 6) is 0.427. The van der Waals surface area contributed by atoms with Crippen LogP contribution in [0, 0.1) is 11.3 Å². The second kappa shape index (κ2) is 7.22. The molecule has 27 heavy (non-hydrogen) atoms. The van der Waals surface area contributed by atoms with Gasteiger partial charge in [0.2, 0.25) is 0 Å². The van der Waals surface area contributed by atoms with Crippen molar-refractivity contribution in [3.8, 4) is 22.9 Å². The Bertz CT molecular complexity index is 1220. The van der Waals surface area contributed by atoms with Crippen LogP contribution in [0.4, 0.5) is 0 Å². The highest BCUT2D eigenvalue weighted by Gasteiger charge is 2.19. The zero-order chi connectivity index (χ0) is 18.8. The summed E-state index contributed by atoms with van der Waals surface area (Å²) in [6.45, 7) is 0. The first-order valence-corrected chi connectivity index (χ1v) is 10.0. The van der Waals surface area contributed by atoms with E-state index in [4.69, 9.17) is 5.26 Å². The van der Waals surface area contributed by atoms with Gasteiger partial charge in [-0.2, -0.15) is 5.26 Å². The largest absolute Gasteiger partial charge is 0.507 e. The molecule has 4 rings (SSSR count). The van der Waals surface area contributed by atoms with Crippen LogP contribution in [-0.2, 0) is 10.8 Å². The molecule has 0 radical (unpaired) electrons. The zero-order valence-corrected chi connectivity index (χ0v) is 15.4. The third kappa shape index (κ3) is 3.07. The van der Waals surface area contributed by atoms with Crippen molar-refractivity contribution < 1.29 is 9.32 Å². The zero-order valence-electron chi connectivity index (χ0n) is 14.6. The average Bonchev–Trinajstić information content (AvgIpc) is 2.71. The van der Waals surface area contributed by atoms with Gasteiger partial charge < -0.3 is 5.11 Å². The first-order chi connectivity index (χ1) is 13.2. The molecule has 1 atom stereocenters. The van der Waals surface area contributed by atoms with Crippen molar-refractivity contribution in [3.63, 3.8) is 0 Å². The Balaban J connectivity index is 2.11. The third-order valence-electron chi connectivity index (χ3n) is 4.69. The minimum Gasteiger partial charge on any atom is -0.507 e. The van der Waals surface area contributed by atoms with Gasteiger partial charge in [-0.1, -0.05) is 60.7 Å². The Kier molecular flexibility index (Phi) is 4.62. The van der Waals surface area contributed by atoms with Crippen molar-refractivity contribution in [2.24, 2.45) is 0 Å². The highest BCUT2D eigenvalue weighted by molar-refractivity contribution is 7.85. The van der Waals surface area contributed by atoms with Crippen LogP contribution >= 0.6 is 0 Å². The topological polar surface area (TPSA) is 61.1 Å². The Hall–Kier alpha value is -3.16. The molecule has 0 aliphatic carbocycles. The van der Waals surface area contributed by atoms with E-state index in [-0.39, 0.29) is 17.9 Å². The van der Waals surface area contributed by atoms with Gasteiger partial charge in [-0.15, -0.1) is 0 Å². The second-order valence-electron chi connectivity index (χ2n) is 6.30. The summed E-state index contributed by atoms with van der Waals surface area (Å²) in [6, 6.07) is 25.2. The number of nitriles is 1. The normalized spacial score (nSPS) is 12.1. The number of nitrogens with zero attached hydrogens (tertiary/aromatic N) is 1. The lowest BCUT2D eigenvalue weighted by Gasteiger charge is -2.16. The molecular formula is C23H17NO2S. The van der Waals surface area contributed by atoms with Gasteiger partial charge in [-0.25, -0.2) is 0 Å². The maximum atomic E-state index is 13.0. The van der Waals surface area contributed by atoms with Crippen molar-refractivity contribution in [2.45, 2.75) is 11.3 Å². The molecule has 4 aromatic rings. The van der Waals surface area contributed by atoms with Gasteiger partial charge in [0.05, 0.1) is 16.9 Å². The smallest absolute Gasteiger partial charge is 0.124 e. The Labute approximate surface area is 160 Å². The van der Waals surface area contributed by atoms with E-state index in [2.05, 4.69) is 6.07 Å². The molecule has 4 heteroatoms.